The van der Waals surface area contributed by atoms with Crippen molar-refractivity contribution in [1.82, 2.24) is 4.72 Å². The number of benzene rings is 1. The molecule has 1 fully saturated rings. The van der Waals surface area contributed by atoms with Crippen LogP contribution < -0.4 is 4.72 Å². The lowest BCUT2D eigenvalue weighted by Crippen LogP contribution is -2.33. The molecule has 4 nitrogen and oxygen atoms in total. The van der Waals surface area contributed by atoms with Crippen LogP contribution in [0.4, 0.5) is 0 Å². The van der Waals surface area contributed by atoms with Crippen molar-refractivity contribution in [1.29, 1.82) is 5.26 Å². The highest BCUT2D eigenvalue weighted by Gasteiger charge is 2.27. The Morgan fingerprint density at radius 3 is 2.72 bits per heavy atom. The van der Waals surface area contributed by atoms with E-state index in [-0.39, 0.29) is 16.5 Å². The van der Waals surface area contributed by atoms with Gasteiger partial charge in [0.15, 0.2) is 0 Å². The Balaban J connectivity index is 2.16. The number of hydrogen-bond donors (Lipinski definition) is 1. The van der Waals surface area contributed by atoms with Crippen molar-refractivity contribution in [2.75, 3.05) is 0 Å². The third kappa shape index (κ3) is 3.09. The van der Waals surface area contributed by atoms with Crippen LogP contribution >= 0.6 is 0 Å². The summed E-state index contributed by atoms with van der Waals surface area (Å²) in [5.74, 6) is 0.661. The Bertz CT molecular complexity index is 571. The van der Waals surface area contributed by atoms with Gasteiger partial charge in [0.25, 0.3) is 0 Å². The van der Waals surface area contributed by atoms with Crippen molar-refractivity contribution in [2.24, 2.45) is 5.92 Å². The predicted octanol–water partition coefficient (Wildman–Crippen LogP) is 2.03. The third-order valence-corrected chi connectivity index (χ3v) is 4.68. The number of nitrogens with one attached hydrogen (secondary N) is 1. The van der Waals surface area contributed by atoms with Gasteiger partial charge in [-0.3, -0.25) is 0 Å². The molecular weight excluding hydrogens is 248 g/mol. The highest BCUT2D eigenvalue weighted by Crippen LogP contribution is 2.33. The standard InChI is InChI=1S/C13H16N2O2S/c1-10(8-11-6-7-11)15-18(16,17)13-5-3-2-4-12(13)9-14/h2-5,10-11,15H,6-8H2,1H3. The first-order chi connectivity index (χ1) is 8.53. The molecule has 1 aromatic rings. The van der Waals surface area contributed by atoms with E-state index in [0.717, 1.165) is 6.42 Å². The maximum Gasteiger partial charge on any atom is 0.242 e. The first-order valence-electron chi connectivity index (χ1n) is 6.04. The van der Waals surface area contributed by atoms with Crippen molar-refractivity contribution in [3.05, 3.63) is 29.8 Å². The minimum Gasteiger partial charge on any atom is -0.208 e. The summed E-state index contributed by atoms with van der Waals surface area (Å²) < 4.78 is 27.0. The zero-order chi connectivity index (χ0) is 13.2. The summed E-state index contributed by atoms with van der Waals surface area (Å²) in [4.78, 5) is 0.0650. The smallest absolute Gasteiger partial charge is 0.208 e. The molecule has 0 spiro atoms. The first-order valence-corrected chi connectivity index (χ1v) is 7.52. The van der Waals surface area contributed by atoms with Gasteiger partial charge in [0.2, 0.25) is 10.0 Å². The Hall–Kier alpha value is -1.38. The van der Waals surface area contributed by atoms with E-state index in [1.807, 2.05) is 13.0 Å². The topological polar surface area (TPSA) is 70.0 Å². The normalized spacial score (nSPS) is 17.1. The van der Waals surface area contributed by atoms with Gasteiger partial charge in [-0.15, -0.1) is 0 Å². The summed E-state index contributed by atoms with van der Waals surface area (Å²) in [5, 5.41) is 8.93. The summed E-state index contributed by atoms with van der Waals surface area (Å²) in [7, 11) is -3.59. The molecule has 1 N–H and O–H groups in total. The highest BCUT2D eigenvalue weighted by molar-refractivity contribution is 7.89. The first kappa shape index (κ1) is 13.1. The van der Waals surface area contributed by atoms with Gasteiger partial charge in [-0.1, -0.05) is 25.0 Å². The lowest BCUT2D eigenvalue weighted by atomic mass is 10.2. The van der Waals surface area contributed by atoms with Crippen LogP contribution in [-0.2, 0) is 10.0 Å². The van der Waals surface area contributed by atoms with Crippen LogP contribution in [0.2, 0.25) is 0 Å². The summed E-state index contributed by atoms with van der Waals surface area (Å²) >= 11 is 0. The van der Waals surface area contributed by atoms with Crippen LogP contribution in [0, 0.1) is 17.2 Å². The van der Waals surface area contributed by atoms with Crippen molar-refractivity contribution in [3.8, 4) is 6.07 Å². The minimum absolute atomic E-state index is 0.0650. The van der Waals surface area contributed by atoms with Crippen LogP contribution in [0.3, 0.4) is 0 Å². The second-order valence-corrected chi connectivity index (χ2v) is 6.49. The molecule has 0 radical (unpaired) electrons. The van der Waals surface area contributed by atoms with E-state index in [1.165, 1.54) is 25.0 Å². The number of hydrogen-bond acceptors (Lipinski definition) is 3. The Labute approximate surface area is 108 Å². The summed E-state index contributed by atoms with van der Waals surface area (Å²) in [6, 6.07) is 8.08. The number of nitrogens with zero attached hydrogens (tertiary/aromatic N) is 1. The van der Waals surface area contributed by atoms with E-state index >= 15 is 0 Å². The molecule has 2 rings (SSSR count). The fraction of sp³-hybridized carbons (Fsp3) is 0.462. The second kappa shape index (κ2) is 5.09. The quantitative estimate of drug-likeness (QED) is 0.884. The van der Waals surface area contributed by atoms with Gasteiger partial charge in [0.1, 0.15) is 6.07 Å². The second-order valence-electron chi connectivity index (χ2n) is 4.81. The van der Waals surface area contributed by atoms with Crippen LogP contribution in [0.1, 0.15) is 31.7 Å². The minimum atomic E-state index is -3.59. The van der Waals surface area contributed by atoms with Crippen LogP contribution in [0.15, 0.2) is 29.2 Å². The van der Waals surface area contributed by atoms with Crippen molar-refractivity contribution < 1.29 is 8.42 Å². The van der Waals surface area contributed by atoms with Crippen molar-refractivity contribution in [2.45, 2.75) is 37.1 Å². The summed E-state index contributed by atoms with van der Waals surface area (Å²) in [6.07, 6.45) is 3.26. The molecular formula is C13H16N2O2S. The van der Waals surface area contributed by atoms with Gasteiger partial charge in [-0.25, -0.2) is 13.1 Å². The largest absolute Gasteiger partial charge is 0.242 e. The van der Waals surface area contributed by atoms with E-state index < -0.39 is 10.0 Å². The number of nitriles is 1. The molecule has 1 unspecified atom stereocenters. The lowest BCUT2D eigenvalue weighted by molar-refractivity contribution is 0.530. The van der Waals surface area contributed by atoms with Gasteiger partial charge in [-0.05, 0) is 31.4 Å². The van der Waals surface area contributed by atoms with Gasteiger partial charge >= 0.3 is 0 Å². The Morgan fingerprint density at radius 1 is 1.44 bits per heavy atom. The monoisotopic (exact) mass is 264 g/mol. The van der Waals surface area contributed by atoms with E-state index in [1.54, 1.807) is 12.1 Å². The van der Waals surface area contributed by atoms with Gasteiger partial charge in [-0.2, -0.15) is 5.26 Å². The molecule has 1 aromatic carbocycles. The van der Waals surface area contributed by atoms with Crippen molar-refractivity contribution in [3.63, 3.8) is 0 Å². The molecule has 0 saturated heterocycles. The highest BCUT2D eigenvalue weighted by atomic mass is 32.2. The van der Waals surface area contributed by atoms with Crippen LogP contribution in [-0.4, -0.2) is 14.5 Å². The van der Waals surface area contributed by atoms with Crippen molar-refractivity contribution >= 4 is 10.0 Å². The number of rotatable bonds is 5. The van der Waals surface area contributed by atoms with Crippen LogP contribution in [0.5, 0.6) is 0 Å². The predicted molar refractivity (Wildman–Crippen MR) is 68.3 cm³/mol. The van der Waals surface area contributed by atoms with Crippen LogP contribution in [0.25, 0.3) is 0 Å². The van der Waals surface area contributed by atoms with E-state index in [2.05, 4.69) is 4.72 Å². The molecule has 1 atom stereocenters. The molecule has 1 aliphatic carbocycles. The Morgan fingerprint density at radius 2 is 2.11 bits per heavy atom. The van der Waals surface area contributed by atoms with E-state index in [4.69, 9.17) is 5.26 Å². The Kier molecular flexibility index (Phi) is 3.69. The molecule has 5 heteroatoms. The molecule has 0 bridgehead atoms. The summed E-state index contributed by atoms with van der Waals surface area (Å²) in [6.45, 7) is 1.87. The SMILES string of the molecule is CC(CC1CC1)NS(=O)(=O)c1ccccc1C#N. The fourth-order valence-electron chi connectivity index (χ4n) is 2.02. The summed E-state index contributed by atoms with van der Waals surface area (Å²) in [5.41, 5.74) is 0.184. The third-order valence-electron chi connectivity index (χ3n) is 3.04. The van der Waals surface area contributed by atoms with E-state index in [0.29, 0.717) is 5.92 Å². The maximum absolute atomic E-state index is 12.2. The molecule has 0 aliphatic heterocycles. The number of sulfonamides is 1. The molecule has 0 amide bonds. The zero-order valence-electron chi connectivity index (χ0n) is 10.3. The lowest BCUT2D eigenvalue weighted by Gasteiger charge is -2.14. The molecule has 0 heterocycles. The molecule has 1 saturated carbocycles. The fourth-order valence-corrected chi connectivity index (χ4v) is 3.44. The maximum atomic E-state index is 12.2. The average Bonchev–Trinajstić information content (AvgIpc) is 3.12. The van der Waals surface area contributed by atoms with Gasteiger partial charge < -0.3 is 0 Å². The van der Waals surface area contributed by atoms with Gasteiger partial charge in [0.05, 0.1) is 10.5 Å². The van der Waals surface area contributed by atoms with Gasteiger partial charge in [0, 0.05) is 6.04 Å². The average molecular weight is 264 g/mol. The molecule has 0 aromatic heterocycles. The zero-order valence-corrected chi connectivity index (χ0v) is 11.1. The molecule has 1 aliphatic rings. The van der Waals surface area contributed by atoms with E-state index in [9.17, 15) is 8.42 Å². The molecule has 96 valence electrons. The molecule has 18 heavy (non-hydrogen) atoms.